The fourth-order valence-electron chi connectivity index (χ4n) is 15.4. The van der Waals surface area contributed by atoms with E-state index < -0.39 is 0 Å². The molecular formula is C91H56N4O2. The summed E-state index contributed by atoms with van der Waals surface area (Å²) >= 11 is 0. The molecule has 3 aromatic heterocycles. The zero-order chi connectivity index (χ0) is 63.7. The number of furan rings is 1. The van der Waals surface area contributed by atoms with Gasteiger partial charge in [0.1, 0.15) is 16.7 Å². The Morgan fingerprint density at radius 1 is 0.258 bits per heavy atom. The number of hydrogen-bond donors (Lipinski definition) is 0. The van der Waals surface area contributed by atoms with Crippen molar-refractivity contribution in [2.45, 2.75) is 0 Å². The Balaban J connectivity index is 0.680. The number of nitrogens with zero attached hydrogens (tertiary/aromatic N) is 4. The van der Waals surface area contributed by atoms with Crippen LogP contribution in [0.4, 0.5) is 34.1 Å². The molecule has 19 aromatic rings. The van der Waals surface area contributed by atoms with Gasteiger partial charge in [-0.25, -0.2) is 4.98 Å². The van der Waals surface area contributed by atoms with Crippen molar-refractivity contribution < 1.29 is 8.83 Å². The van der Waals surface area contributed by atoms with Crippen molar-refractivity contribution in [3.63, 3.8) is 0 Å². The average molecular weight is 1240 g/mol. The van der Waals surface area contributed by atoms with E-state index in [1.165, 1.54) is 66.0 Å². The van der Waals surface area contributed by atoms with Gasteiger partial charge < -0.3 is 23.2 Å². The first-order chi connectivity index (χ1) is 48.1. The molecule has 0 N–H and O–H groups in total. The van der Waals surface area contributed by atoms with Crippen LogP contribution in [0.2, 0.25) is 0 Å². The van der Waals surface area contributed by atoms with E-state index in [4.69, 9.17) is 13.8 Å². The number of benzene rings is 16. The molecule has 0 saturated carbocycles. The molecule has 0 amide bonds. The fraction of sp³-hybridized carbons (Fsp3) is 0. The molecule has 0 radical (unpaired) electrons. The molecule has 0 bridgehead atoms. The molecule has 0 atom stereocenters. The van der Waals surface area contributed by atoms with Gasteiger partial charge in [0.15, 0.2) is 5.58 Å². The Labute approximate surface area is 558 Å². The minimum atomic E-state index is 0.605. The maximum Gasteiger partial charge on any atom is 0.227 e. The van der Waals surface area contributed by atoms with Crippen LogP contribution >= 0.6 is 0 Å². The van der Waals surface area contributed by atoms with E-state index in [0.717, 1.165) is 122 Å². The summed E-state index contributed by atoms with van der Waals surface area (Å²) in [7, 11) is 0. The van der Waals surface area contributed by atoms with E-state index in [0.29, 0.717) is 5.89 Å². The molecule has 1 aliphatic carbocycles. The summed E-state index contributed by atoms with van der Waals surface area (Å²) in [6.07, 6.45) is 0. The molecule has 3 heterocycles. The molecule has 6 heteroatoms. The number of oxazole rings is 1. The number of aromatic nitrogens is 2. The summed E-state index contributed by atoms with van der Waals surface area (Å²) in [5.74, 6) is 0.605. The van der Waals surface area contributed by atoms with Gasteiger partial charge in [0.05, 0.1) is 11.0 Å². The topological polar surface area (TPSA) is 50.6 Å². The van der Waals surface area contributed by atoms with Crippen LogP contribution in [0, 0.1) is 0 Å². The zero-order valence-corrected chi connectivity index (χ0v) is 52.4. The summed E-state index contributed by atoms with van der Waals surface area (Å²) in [4.78, 5) is 9.73. The van der Waals surface area contributed by atoms with Gasteiger partial charge in [0.2, 0.25) is 5.89 Å². The predicted octanol–water partition coefficient (Wildman–Crippen LogP) is 25.5. The zero-order valence-electron chi connectivity index (χ0n) is 52.4. The first-order valence-corrected chi connectivity index (χ1v) is 33.1. The largest absolute Gasteiger partial charge is 0.456 e. The standard InChI is InChI=1S/C91H56N4O2/c1-4-16-57(17-5-1)58-38-44-68(45-39-58)93(67-22-8-3-9-23-67)70-25-14-26-71(54-70)95-82-30-15-29-77-79-53-66(41-48-74(79)76-28-13-20-62-43-50-83(95)89(86(62)76)88(77)82)60-34-32-59(33-35-60)65-21-12-24-69(52-65)94(73-47-51-85-80(56-73)75-27-10-11-31-84(75)96-85)72-46-40-61-36-37-63-42-49-81-90(87(63)78(61)55-72)97-91(92-81)64-18-6-2-7-19-64/h1-56H. The van der Waals surface area contributed by atoms with Crippen LogP contribution in [0.25, 0.3) is 160 Å². The van der Waals surface area contributed by atoms with Gasteiger partial charge in [-0.3, -0.25) is 0 Å². The summed E-state index contributed by atoms with van der Waals surface area (Å²) in [6, 6.07) is 123. The molecule has 0 spiro atoms. The maximum absolute atomic E-state index is 6.72. The van der Waals surface area contributed by atoms with Crippen molar-refractivity contribution in [1.82, 2.24) is 9.55 Å². The van der Waals surface area contributed by atoms with Gasteiger partial charge in [-0.05, 0) is 210 Å². The molecular weight excluding hydrogens is 1180 g/mol. The molecule has 0 fully saturated rings. The quantitative estimate of drug-likeness (QED) is 0.121. The number of anilines is 6. The summed E-state index contributed by atoms with van der Waals surface area (Å²) in [6.45, 7) is 0. The van der Waals surface area contributed by atoms with Crippen molar-refractivity contribution >= 4 is 121 Å². The monoisotopic (exact) mass is 1240 g/mol. The van der Waals surface area contributed by atoms with E-state index in [2.05, 4.69) is 312 Å². The maximum atomic E-state index is 6.72. The van der Waals surface area contributed by atoms with Crippen LogP contribution in [0.3, 0.4) is 0 Å². The molecule has 0 unspecified atom stereocenters. The highest BCUT2D eigenvalue weighted by Gasteiger charge is 2.27. The van der Waals surface area contributed by atoms with Gasteiger partial charge in [-0.15, -0.1) is 0 Å². The van der Waals surface area contributed by atoms with Crippen LogP contribution in [0.5, 0.6) is 0 Å². The first kappa shape index (κ1) is 54.5. The van der Waals surface area contributed by atoms with Crippen LogP contribution in [-0.4, -0.2) is 9.55 Å². The van der Waals surface area contributed by atoms with Gasteiger partial charge in [0, 0.05) is 72.3 Å². The van der Waals surface area contributed by atoms with E-state index in [1.54, 1.807) is 0 Å². The molecule has 1 aliphatic rings. The highest BCUT2D eigenvalue weighted by Crippen LogP contribution is 2.52. The molecule has 452 valence electrons. The van der Waals surface area contributed by atoms with Crippen LogP contribution in [0.15, 0.2) is 349 Å². The summed E-state index contributed by atoms with van der Waals surface area (Å²) in [5.41, 5.74) is 25.8. The predicted molar refractivity (Wildman–Crippen MR) is 404 cm³/mol. The van der Waals surface area contributed by atoms with Gasteiger partial charge in [-0.1, -0.05) is 212 Å². The first-order valence-electron chi connectivity index (χ1n) is 33.1. The number of rotatable bonds is 11. The fourth-order valence-corrected chi connectivity index (χ4v) is 15.4. The van der Waals surface area contributed by atoms with Crippen molar-refractivity contribution in [2.75, 3.05) is 9.80 Å². The molecule has 6 nitrogen and oxygen atoms in total. The smallest absolute Gasteiger partial charge is 0.227 e. The number of fused-ring (bicyclic) bond motifs is 11. The van der Waals surface area contributed by atoms with E-state index in [-0.39, 0.29) is 0 Å². The molecule has 16 aromatic carbocycles. The average Bonchev–Trinajstić information content (AvgIpc) is 1.53. The second-order valence-electron chi connectivity index (χ2n) is 25.4. The number of hydrogen-bond acceptors (Lipinski definition) is 5. The minimum Gasteiger partial charge on any atom is -0.456 e. The van der Waals surface area contributed by atoms with Gasteiger partial charge >= 0.3 is 0 Å². The Bertz CT molecular complexity index is 6370. The van der Waals surface area contributed by atoms with E-state index in [9.17, 15) is 0 Å². The molecule has 0 aliphatic heterocycles. The highest BCUT2D eigenvalue weighted by atomic mass is 16.3. The van der Waals surface area contributed by atoms with Crippen LogP contribution < -0.4 is 9.80 Å². The highest BCUT2D eigenvalue weighted by molar-refractivity contribution is 6.30. The molecule has 0 saturated heterocycles. The Morgan fingerprint density at radius 3 is 1.59 bits per heavy atom. The third-order valence-electron chi connectivity index (χ3n) is 19.9. The van der Waals surface area contributed by atoms with Gasteiger partial charge in [-0.2, -0.15) is 0 Å². The lowest BCUT2D eigenvalue weighted by atomic mass is 9.90. The molecule has 20 rings (SSSR count). The van der Waals surface area contributed by atoms with Crippen molar-refractivity contribution in [3.8, 4) is 72.8 Å². The van der Waals surface area contributed by atoms with Crippen LogP contribution in [-0.2, 0) is 0 Å². The second kappa shape index (κ2) is 21.8. The second-order valence-corrected chi connectivity index (χ2v) is 25.4. The van der Waals surface area contributed by atoms with Gasteiger partial charge in [0.25, 0.3) is 0 Å². The lowest BCUT2D eigenvalue weighted by molar-refractivity contribution is 0.623. The normalized spacial score (nSPS) is 11.9. The van der Waals surface area contributed by atoms with Crippen LogP contribution in [0.1, 0.15) is 0 Å². The lowest BCUT2D eigenvalue weighted by Gasteiger charge is -2.26. The van der Waals surface area contributed by atoms with Crippen molar-refractivity contribution in [1.29, 1.82) is 0 Å². The third kappa shape index (κ3) is 8.85. The molecule has 97 heavy (non-hydrogen) atoms. The van der Waals surface area contributed by atoms with Crippen molar-refractivity contribution in [3.05, 3.63) is 340 Å². The van der Waals surface area contributed by atoms with E-state index >= 15 is 0 Å². The Kier molecular flexibility index (Phi) is 12.2. The number of para-hydroxylation sites is 2. The summed E-state index contributed by atoms with van der Waals surface area (Å²) in [5, 5.41) is 11.5. The SMILES string of the molecule is c1ccc(-c2ccc(N(c3ccccc3)c3cccc(-n4c5cccc6c5c5c7c(cccc7ccc54)-c4ccc(-c5ccc(-c7cccc(N(c8ccc9oc%10ccccc%10c9c8)c8ccc9ccc%10ccc%11nc(-c%12ccccc%12)oc%11c%10c9c8)c7)cc5)cc4-6)c3)cc2)cc1. The summed E-state index contributed by atoms with van der Waals surface area (Å²) < 4.78 is 15.6. The third-order valence-corrected chi connectivity index (χ3v) is 19.9. The van der Waals surface area contributed by atoms with Crippen molar-refractivity contribution in [2.24, 2.45) is 0 Å². The lowest BCUT2D eigenvalue weighted by Crippen LogP contribution is -2.10. The van der Waals surface area contributed by atoms with E-state index in [1.807, 2.05) is 42.5 Å². The minimum absolute atomic E-state index is 0.605. The Hall–Kier alpha value is -13.0. The Morgan fingerprint density at radius 2 is 0.773 bits per heavy atom.